The second-order valence-corrected chi connectivity index (χ2v) is 6.17. The molecule has 0 atom stereocenters. The molecule has 6 nitrogen and oxygen atoms in total. The first-order valence-corrected chi connectivity index (χ1v) is 8.18. The van der Waals surface area contributed by atoms with E-state index >= 15 is 0 Å². The predicted molar refractivity (Wildman–Crippen MR) is 91.6 cm³/mol. The normalized spacial score (nSPS) is 10.5. The van der Waals surface area contributed by atoms with Crippen LogP contribution in [0.1, 0.15) is 20.9 Å². The van der Waals surface area contributed by atoms with Gasteiger partial charge in [0.15, 0.2) is 0 Å². The molecule has 3 aromatic heterocycles. The first-order chi connectivity index (χ1) is 11.8. The summed E-state index contributed by atoms with van der Waals surface area (Å²) in [6.07, 6.45) is 3.58. The molecule has 0 radical (unpaired) electrons. The highest BCUT2D eigenvalue weighted by Gasteiger charge is 2.10. The van der Waals surface area contributed by atoms with Crippen LogP contribution in [0.2, 0.25) is 0 Å². The third kappa shape index (κ3) is 4.02. The topological polar surface area (TPSA) is 87.1 Å². The van der Waals surface area contributed by atoms with Crippen molar-refractivity contribution in [1.29, 1.82) is 0 Å². The lowest BCUT2D eigenvalue weighted by atomic mass is 10.2. The molecule has 0 saturated carbocycles. The molecule has 1 amide bonds. The van der Waals surface area contributed by atoms with Gasteiger partial charge in [0.1, 0.15) is 0 Å². The van der Waals surface area contributed by atoms with Crippen LogP contribution in [-0.2, 0) is 13.1 Å². The van der Waals surface area contributed by atoms with Gasteiger partial charge in [-0.3, -0.25) is 20.0 Å². The molecule has 0 aliphatic rings. The molecule has 3 N–H and O–H groups in total. The SMILES string of the molecule is O=C(NO)c1ccc(-c2cccc(CNCc3cccnc3)n2)s1. The Morgan fingerprint density at radius 2 is 2.04 bits per heavy atom. The van der Waals surface area contributed by atoms with Crippen LogP contribution in [0.3, 0.4) is 0 Å². The monoisotopic (exact) mass is 340 g/mol. The fourth-order valence-electron chi connectivity index (χ4n) is 2.21. The molecule has 24 heavy (non-hydrogen) atoms. The molecule has 0 unspecified atom stereocenters. The standard InChI is InChI=1S/C17H16N4O2S/c22-17(21-23)16-7-6-15(24-16)14-5-1-4-13(20-14)11-19-10-12-3-2-8-18-9-12/h1-9,19,23H,10-11H2,(H,21,22). The summed E-state index contributed by atoms with van der Waals surface area (Å²) < 4.78 is 0. The molecule has 0 saturated heterocycles. The number of hydrogen-bond acceptors (Lipinski definition) is 6. The van der Waals surface area contributed by atoms with Crippen molar-refractivity contribution < 1.29 is 10.0 Å². The van der Waals surface area contributed by atoms with Gasteiger partial charge in [0.25, 0.3) is 5.91 Å². The van der Waals surface area contributed by atoms with E-state index in [9.17, 15) is 4.79 Å². The fraction of sp³-hybridized carbons (Fsp3) is 0.118. The van der Waals surface area contributed by atoms with Crippen LogP contribution >= 0.6 is 11.3 Å². The van der Waals surface area contributed by atoms with E-state index in [0.29, 0.717) is 11.4 Å². The number of nitrogens with one attached hydrogen (secondary N) is 2. The van der Waals surface area contributed by atoms with Crippen molar-refractivity contribution in [3.8, 4) is 10.6 Å². The van der Waals surface area contributed by atoms with Crippen LogP contribution in [0, 0.1) is 0 Å². The van der Waals surface area contributed by atoms with Crippen LogP contribution in [-0.4, -0.2) is 21.1 Å². The summed E-state index contributed by atoms with van der Waals surface area (Å²) in [6.45, 7) is 1.36. The van der Waals surface area contributed by atoms with E-state index in [-0.39, 0.29) is 0 Å². The quantitative estimate of drug-likeness (QED) is 0.474. The lowest BCUT2D eigenvalue weighted by Crippen LogP contribution is -2.16. The van der Waals surface area contributed by atoms with Gasteiger partial charge in [-0.05, 0) is 35.9 Å². The van der Waals surface area contributed by atoms with E-state index in [4.69, 9.17) is 5.21 Å². The van der Waals surface area contributed by atoms with Crippen LogP contribution in [0.15, 0.2) is 54.9 Å². The van der Waals surface area contributed by atoms with Crippen LogP contribution in [0.25, 0.3) is 10.6 Å². The van der Waals surface area contributed by atoms with Gasteiger partial charge in [-0.2, -0.15) is 0 Å². The third-order valence-electron chi connectivity index (χ3n) is 3.35. The highest BCUT2D eigenvalue weighted by atomic mass is 32.1. The number of carbonyl (C=O) groups is 1. The fourth-order valence-corrected chi connectivity index (χ4v) is 3.07. The number of pyridine rings is 2. The van der Waals surface area contributed by atoms with Gasteiger partial charge in [0, 0.05) is 25.5 Å². The Morgan fingerprint density at radius 3 is 2.83 bits per heavy atom. The first kappa shape index (κ1) is 16.3. The number of hydroxylamine groups is 1. The second kappa shape index (κ2) is 7.78. The van der Waals surface area contributed by atoms with E-state index in [0.717, 1.165) is 28.4 Å². The Hall–Kier alpha value is -2.61. The van der Waals surface area contributed by atoms with Gasteiger partial charge in [0.05, 0.1) is 21.1 Å². The lowest BCUT2D eigenvalue weighted by molar-refractivity contribution is 0.0711. The van der Waals surface area contributed by atoms with E-state index < -0.39 is 5.91 Å². The molecule has 3 aromatic rings. The summed E-state index contributed by atoms with van der Waals surface area (Å²) in [6, 6.07) is 13.2. The van der Waals surface area contributed by atoms with E-state index in [1.165, 1.54) is 11.3 Å². The van der Waals surface area contributed by atoms with Gasteiger partial charge >= 0.3 is 0 Å². The summed E-state index contributed by atoms with van der Waals surface area (Å²) in [5.74, 6) is -0.513. The number of rotatable bonds is 6. The van der Waals surface area contributed by atoms with Gasteiger partial charge < -0.3 is 5.32 Å². The lowest BCUT2D eigenvalue weighted by Gasteiger charge is -2.05. The molecule has 0 bridgehead atoms. The molecule has 0 aromatic carbocycles. The van der Waals surface area contributed by atoms with Gasteiger partial charge in [-0.1, -0.05) is 12.1 Å². The highest BCUT2D eigenvalue weighted by molar-refractivity contribution is 7.17. The smallest absolute Gasteiger partial charge is 0.284 e. The Morgan fingerprint density at radius 1 is 1.12 bits per heavy atom. The van der Waals surface area contributed by atoms with Crippen molar-refractivity contribution in [3.05, 3.63) is 71.0 Å². The summed E-state index contributed by atoms with van der Waals surface area (Å²) in [4.78, 5) is 21.4. The minimum absolute atomic E-state index is 0.439. The minimum atomic E-state index is -0.513. The van der Waals surface area contributed by atoms with Gasteiger partial charge in [0.2, 0.25) is 0 Å². The van der Waals surface area contributed by atoms with Crippen LogP contribution in [0.5, 0.6) is 0 Å². The van der Waals surface area contributed by atoms with Crippen molar-refractivity contribution in [2.24, 2.45) is 0 Å². The largest absolute Gasteiger partial charge is 0.307 e. The maximum atomic E-state index is 11.4. The Kier molecular flexibility index (Phi) is 5.27. The van der Waals surface area contributed by atoms with Crippen molar-refractivity contribution in [2.45, 2.75) is 13.1 Å². The average Bonchev–Trinajstić information content (AvgIpc) is 3.12. The van der Waals surface area contributed by atoms with Crippen molar-refractivity contribution in [3.63, 3.8) is 0 Å². The average molecular weight is 340 g/mol. The molecular formula is C17H16N4O2S. The summed E-state index contributed by atoms with van der Waals surface area (Å²) >= 11 is 1.28. The predicted octanol–water partition coefficient (Wildman–Crippen LogP) is 2.61. The van der Waals surface area contributed by atoms with Crippen molar-refractivity contribution in [1.82, 2.24) is 20.8 Å². The minimum Gasteiger partial charge on any atom is -0.307 e. The number of aromatic nitrogens is 2. The number of hydrogen-bond donors (Lipinski definition) is 3. The number of thiophene rings is 1. The van der Waals surface area contributed by atoms with Crippen molar-refractivity contribution >= 4 is 17.2 Å². The molecular weight excluding hydrogens is 324 g/mol. The van der Waals surface area contributed by atoms with Crippen LogP contribution in [0.4, 0.5) is 0 Å². The van der Waals surface area contributed by atoms with Gasteiger partial charge in [-0.25, -0.2) is 5.48 Å². The molecule has 3 heterocycles. The molecule has 0 aliphatic carbocycles. The molecule has 7 heteroatoms. The summed E-state index contributed by atoms with van der Waals surface area (Å²) in [5.41, 5.74) is 4.47. The van der Waals surface area contributed by atoms with E-state index in [2.05, 4.69) is 15.3 Å². The molecule has 0 spiro atoms. The zero-order chi connectivity index (χ0) is 16.8. The number of carbonyl (C=O) groups excluding carboxylic acids is 1. The zero-order valence-electron chi connectivity index (χ0n) is 12.8. The van der Waals surface area contributed by atoms with Gasteiger partial charge in [-0.15, -0.1) is 11.3 Å². The molecule has 3 rings (SSSR count). The second-order valence-electron chi connectivity index (χ2n) is 5.08. The van der Waals surface area contributed by atoms with E-state index in [1.54, 1.807) is 17.7 Å². The number of amides is 1. The summed E-state index contributed by atoms with van der Waals surface area (Å²) in [5, 5.41) is 12.0. The molecule has 122 valence electrons. The molecule has 0 fully saturated rings. The first-order valence-electron chi connectivity index (χ1n) is 7.36. The Balaban J connectivity index is 1.65. The Labute approximate surface area is 143 Å². The maximum Gasteiger partial charge on any atom is 0.284 e. The summed E-state index contributed by atoms with van der Waals surface area (Å²) in [7, 11) is 0. The van der Waals surface area contributed by atoms with Crippen LogP contribution < -0.4 is 10.8 Å². The third-order valence-corrected chi connectivity index (χ3v) is 4.46. The maximum absolute atomic E-state index is 11.4. The highest BCUT2D eigenvalue weighted by Crippen LogP contribution is 2.26. The zero-order valence-corrected chi connectivity index (χ0v) is 13.6. The Bertz CT molecular complexity index is 820. The number of nitrogens with zero attached hydrogens (tertiary/aromatic N) is 2. The molecule has 0 aliphatic heterocycles. The van der Waals surface area contributed by atoms with Crippen molar-refractivity contribution in [2.75, 3.05) is 0 Å². The van der Waals surface area contributed by atoms with E-state index in [1.807, 2.05) is 42.6 Å².